The van der Waals surface area contributed by atoms with E-state index in [0.717, 1.165) is 26.0 Å². The summed E-state index contributed by atoms with van der Waals surface area (Å²) in [6, 6.07) is 9.87. The molecule has 0 bridgehead atoms. The van der Waals surface area contributed by atoms with Gasteiger partial charge < -0.3 is 9.47 Å². The number of nitrogens with zero attached hydrogens (tertiary/aromatic N) is 2. The normalized spacial score (nSPS) is 10.2. The molecule has 2 heterocycles. The molecule has 0 spiro atoms. The smallest absolute Gasteiger partial charge is 0.161 e. The van der Waals surface area contributed by atoms with E-state index in [2.05, 4.69) is 27.0 Å². The van der Waals surface area contributed by atoms with Crippen LogP contribution in [0.5, 0.6) is 11.5 Å². The first-order chi connectivity index (χ1) is 11.7. The lowest BCUT2D eigenvalue weighted by molar-refractivity contribution is 0.355. The van der Waals surface area contributed by atoms with Gasteiger partial charge in [-0.3, -0.25) is 4.98 Å². The average molecular weight is 401 g/mol. The molecule has 0 N–H and O–H groups in total. The van der Waals surface area contributed by atoms with Gasteiger partial charge in [-0.25, -0.2) is 0 Å². The minimum atomic E-state index is 0.589. The number of thiophene rings is 1. The lowest BCUT2D eigenvalue weighted by Gasteiger charge is -2.11. The first kappa shape index (κ1) is 16.5. The van der Waals surface area contributed by atoms with Crippen molar-refractivity contribution in [1.29, 1.82) is 5.26 Å². The van der Waals surface area contributed by atoms with Gasteiger partial charge in [0, 0.05) is 38.3 Å². The van der Waals surface area contributed by atoms with Crippen molar-refractivity contribution in [3.8, 4) is 39.1 Å². The van der Waals surface area contributed by atoms with E-state index >= 15 is 0 Å². The summed E-state index contributed by atoms with van der Waals surface area (Å²) >= 11 is 5.02. The minimum Gasteiger partial charge on any atom is -0.493 e. The van der Waals surface area contributed by atoms with Crippen LogP contribution >= 0.6 is 27.3 Å². The van der Waals surface area contributed by atoms with E-state index in [1.54, 1.807) is 38.0 Å². The monoisotopic (exact) mass is 400 g/mol. The van der Waals surface area contributed by atoms with Gasteiger partial charge in [-0.2, -0.15) is 5.26 Å². The lowest BCUT2D eigenvalue weighted by atomic mass is 9.98. The third-order valence-corrected chi connectivity index (χ3v) is 5.31. The van der Waals surface area contributed by atoms with Gasteiger partial charge in [-0.1, -0.05) is 6.07 Å². The van der Waals surface area contributed by atoms with Crippen molar-refractivity contribution in [2.45, 2.75) is 0 Å². The number of aromatic nitrogens is 1. The predicted octanol–water partition coefficient (Wildman–Crippen LogP) is 5.13. The molecule has 4 nitrogen and oxygen atoms in total. The summed E-state index contributed by atoms with van der Waals surface area (Å²) in [7, 11) is 3.18. The van der Waals surface area contributed by atoms with Gasteiger partial charge in [0.15, 0.2) is 11.5 Å². The second-order valence-corrected chi connectivity index (χ2v) is 6.75. The Morgan fingerprint density at radius 2 is 1.83 bits per heavy atom. The van der Waals surface area contributed by atoms with Crippen LogP contribution in [-0.4, -0.2) is 19.2 Å². The molecule has 0 saturated carbocycles. The maximum atomic E-state index is 9.72. The maximum absolute atomic E-state index is 9.72. The Labute approximate surface area is 152 Å². The highest BCUT2D eigenvalue weighted by Gasteiger charge is 2.15. The molecule has 2 aromatic heterocycles. The second kappa shape index (κ2) is 7.04. The van der Waals surface area contributed by atoms with Crippen molar-refractivity contribution in [2.75, 3.05) is 14.2 Å². The molecule has 3 aromatic rings. The van der Waals surface area contributed by atoms with E-state index < -0.39 is 0 Å². The van der Waals surface area contributed by atoms with Gasteiger partial charge in [0.2, 0.25) is 0 Å². The Bertz CT molecular complexity index is 931. The number of ether oxygens (including phenoxy) is 2. The maximum Gasteiger partial charge on any atom is 0.161 e. The largest absolute Gasteiger partial charge is 0.493 e. The van der Waals surface area contributed by atoms with Crippen LogP contribution in [0.2, 0.25) is 0 Å². The summed E-state index contributed by atoms with van der Waals surface area (Å²) in [6.45, 7) is 0. The summed E-state index contributed by atoms with van der Waals surface area (Å²) in [5, 5.41) is 11.7. The van der Waals surface area contributed by atoms with Crippen molar-refractivity contribution in [3.63, 3.8) is 0 Å². The van der Waals surface area contributed by atoms with Crippen molar-refractivity contribution in [1.82, 2.24) is 4.98 Å². The molecule has 6 heteroatoms. The summed E-state index contributed by atoms with van der Waals surface area (Å²) in [6.07, 6.45) is 3.42. The van der Waals surface area contributed by atoms with Crippen molar-refractivity contribution in [2.24, 2.45) is 0 Å². The van der Waals surface area contributed by atoms with Crippen LogP contribution in [0, 0.1) is 11.3 Å². The molecule has 0 atom stereocenters. The number of hydrogen-bond acceptors (Lipinski definition) is 5. The molecule has 0 aliphatic carbocycles. The summed E-state index contributed by atoms with van der Waals surface area (Å²) in [4.78, 5) is 5.32. The third-order valence-electron chi connectivity index (χ3n) is 3.59. The standard InChI is InChI=1S/C18H13BrN2O2S/c1-22-16-4-3-11(5-17(16)23-2)14-8-21-9-15(13(14)7-20)18-6-12(19)10-24-18/h3-6,8-10H,1-2H3. The zero-order valence-electron chi connectivity index (χ0n) is 13.0. The molecule has 0 fully saturated rings. The van der Waals surface area contributed by atoms with Gasteiger partial charge in [0.25, 0.3) is 0 Å². The summed E-state index contributed by atoms with van der Waals surface area (Å²) < 4.78 is 11.6. The van der Waals surface area contributed by atoms with Crippen LogP contribution in [0.4, 0.5) is 0 Å². The summed E-state index contributed by atoms with van der Waals surface area (Å²) in [5.41, 5.74) is 3.03. The van der Waals surface area contributed by atoms with E-state index in [1.807, 2.05) is 29.6 Å². The molecule has 0 radical (unpaired) electrons. The summed E-state index contributed by atoms with van der Waals surface area (Å²) in [5.74, 6) is 1.26. The Morgan fingerprint density at radius 1 is 1.08 bits per heavy atom. The fraction of sp³-hybridized carbons (Fsp3) is 0.111. The Hall–Kier alpha value is -2.36. The molecule has 24 heavy (non-hydrogen) atoms. The molecule has 120 valence electrons. The fourth-order valence-electron chi connectivity index (χ4n) is 2.44. The van der Waals surface area contributed by atoms with Crippen LogP contribution in [0.1, 0.15) is 5.56 Å². The van der Waals surface area contributed by atoms with Gasteiger partial charge >= 0.3 is 0 Å². The van der Waals surface area contributed by atoms with Crippen LogP contribution in [0.15, 0.2) is 46.5 Å². The molecule has 0 unspecified atom stereocenters. The van der Waals surface area contributed by atoms with E-state index in [0.29, 0.717) is 17.1 Å². The Kier molecular flexibility index (Phi) is 4.84. The highest BCUT2D eigenvalue weighted by Crippen LogP contribution is 2.38. The van der Waals surface area contributed by atoms with Crippen LogP contribution in [-0.2, 0) is 0 Å². The minimum absolute atomic E-state index is 0.589. The highest BCUT2D eigenvalue weighted by atomic mass is 79.9. The SMILES string of the molecule is COc1ccc(-c2cncc(-c3cc(Br)cs3)c2C#N)cc1OC. The Morgan fingerprint density at radius 3 is 2.46 bits per heavy atom. The van der Waals surface area contributed by atoms with E-state index in [4.69, 9.17) is 9.47 Å². The number of pyridine rings is 1. The highest BCUT2D eigenvalue weighted by molar-refractivity contribution is 9.10. The molecule has 0 amide bonds. The lowest BCUT2D eigenvalue weighted by Crippen LogP contribution is -1.94. The molecule has 0 saturated heterocycles. The molecule has 0 aliphatic rings. The van der Waals surface area contributed by atoms with Gasteiger partial charge in [-0.05, 0) is 39.7 Å². The Balaban J connectivity index is 2.17. The first-order valence-corrected chi connectivity index (χ1v) is 8.70. The second-order valence-electron chi connectivity index (χ2n) is 4.92. The fourth-order valence-corrected chi connectivity index (χ4v) is 3.89. The third kappa shape index (κ3) is 3.01. The van der Waals surface area contributed by atoms with E-state index in [1.165, 1.54) is 0 Å². The first-order valence-electron chi connectivity index (χ1n) is 7.02. The average Bonchev–Trinajstić information content (AvgIpc) is 3.06. The van der Waals surface area contributed by atoms with Crippen molar-refractivity contribution < 1.29 is 9.47 Å². The van der Waals surface area contributed by atoms with Crippen LogP contribution in [0.3, 0.4) is 0 Å². The molecule has 3 rings (SSSR count). The number of halogens is 1. The van der Waals surface area contributed by atoms with Gasteiger partial charge in [0.1, 0.15) is 6.07 Å². The number of methoxy groups -OCH3 is 2. The topological polar surface area (TPSA) is 55.1 Å². The molecular weight excluding hydrogens is 388 g/mol. The number of nitriles is 1. The van der Waals surface area contributed by atoms with Crippen LogP contribution in [0.25, 0.3) is 21.6 Å². The van der Waals surface area contributed by atoms with Gasteiger partial charge in [-0.15, -0.1) is 11.3 Å². The number of hydrogen-bond donors (Lipinski definition) is 0. The number of benzene rings is 1. The van der Waals surface area contributed by atoms with Crippen molar-refractivity contribution in [3.05, 3.63) is 52.1 Å². The molecular formula is C18H13BrN2O2S. The predicted molar refractivity (Wildman–Crippen MR) is 98.5 cm³/mol. The number of rotatable bonds is 4. The molecule has 1 aromatic carbocycles. The zero-order chi connectivity index (χ0) is 17.1. The van der Waals surface area contributed by atoms with Crippen molar-refractivity contribution >= 4 is 27.3 Å². The quantitative estimate of drug-likeness (QED) is 0.608. The molecule has 0 aliphatic heterocycles. The van der Waals surface area contributed by atoms with E-state index in [9.17, 15) is 5.26 Å². The van der Waals surface area contributed by atoms with Crippen LogP contribution < -0.4 is 9.47 Å². The van der Waals surface area contributed by atoms with Gasteiger partial charge in [0.05, 0.1) is 19.8 Å². The van der Waals surface area contributed by atoms with E-state index in [-0.39, 0.29) is 0 Å². The zero-order valence-corrected chi connectivity index (χ0v) is 15.4.